The van der Waals surface area contributed by atoms with E-state index in [1.54, 1.807) is 0 Å². The van der Waals surface area contributed by atoms with Crippen molar-refractivity contribution in [2.45, 2.75) is 0 Å². The van der Waals surface area contributed by atoms with Crippen LogP contribution >= 0.6 is 0 Å². The van der Waals surface area contributed by atoms with Gasteiger partial charge in [-0.3, -0.25) is 0 Å². The predicted molar refractivity (Wildman–Crippen MR) is 165 cm³/mol. The fourth-order valence-electron chi connectivity index (χ4n) is 5.38. The van der Waals surface area contributed by atoms with Crippen LogP contribution < -0.4 is 0 Å². The first-order valence-electron chi connectivity index (χ1n) is 13.2. The molecule has 0 unspecified atom stereocenters. The van der Waals surface area contributed by atoms with Gasteiger partial charge in [-0.05, 0) is 58.0 Å². The number of benzene rings is 6. The maximum atomic E-state index is 5.90. The number of hydrogen-bond donors (Lipinski definition) is 0. The Labute approximate surface area is 228 Å². The fourth-order valence-corrected chi connectivity index (χ4v) is 5.38. The minimum absolute atomic E-state index is 0.894. The molecule has 1 aromatic heterocycles. The third kappa shape index (κ3) is 4.00. The summed E-state index contributed by atoms with van der Waals surface area (Å²) in [5.74, 6) is 2.88. The fraction of sp³-hybridized carbons (Fsp3) is 0. The lowest BCUT2D eigenvalue weighted by molar-refractivity contribution is 1.15. The van der Waals surface area contributed by atoms with Crippen molar-refractivity contribution < 1.29 is 0 Å². The van der Waals surface area contributed by atoms with Crippen LogP contribution in [0.2, 0.25) is 0 Å². The predicted octanol–water partition coefficient (Wildman–Crippen LogP) is 9.77. The van der Waals surface area contributed by atoms with Crippen LogP contribution in [0.25, 0.3) is 60.9 Å². The molecule has 6 aromatic rings. The molecular weight excluding hydrogens is 470 g/mol. The van der Waals surface area contributed by atoms with Crippen LogP contribution in [-0.4, -0.2) is 4.57 Å². The molecule has 0 fully saturated rings. The van der Waals surface area contributed by atoms with E-state index in [4.69, 9.17) is 6.42 Å². The maximum Gasteiger partial charge on any atom is 0.0553 e. The van der Waals surface area contributed by atoms with Crippen molar-refractivity contribution in [3.05, 3.63) is 151 Å². The lowest BCUT2D eigenvalue weighted by Crippen LogP contribution is -2.00. The van der Waals surface area contributed by atoms with Gasteiger partial charge < -0.3 is 4.57 Å². The maximum absolute atomic E-state index is 5.90. The number of terminal acetylenes is 1. The van der Waals surface area contributed by atoms with Crippen molar-refractivity contribution in [1.29, 1.82) is 0 Å². The molecule has 0 aliphatic heterocycles. The summed E-state index contributed by atoms with van der Waals surface area (Å²) in [5.41, 5.74) is 10.6. The highest BCUT2D eigenvalue weighted by molar-refractivity contribution is 5.99. The smallest absolute Gasteiger partial charge is 0.0553 e. The highest BCUT2D eigenvalue weighted by Crippen LogP contribution is 2.38. The Kier molecular flexibility index (Phi) is 5.58. The molecule has 0 bridgehead atoms. The van der Waals surface area contributed by atoms with E-state index in [9.17, 15) is 0 Å². The van der Waals surface area contributed by atoms with Gasteiger partial charge in [-0.25, -0.2) is 0 Å². The number of rotatable bonds is 3. The molecule has 2 aliphatic carbocycles. The molecule has 1 nitrogen and oxygen atoms in total. The van der Waals surface area contributed by atoms with Gasteiger partial charge in [0.2, 0.25) is 0 Å². The van der Waals surface area contributed by atoms with Crippen molar-refractivity contribution in [2.24, 2.45) is 0 Å². The molecule has 0 N–H and O–H groups in total. The van der Waals surface area contributed by atoms with Gasteiger partial charge in [0.15, 0.2) is 0 Å². The first-order valence-corrected chi connectivity index (χ1v) is 13.2. The highest BCUT2D eigenvalue weighted by Gasteiger charge is 2.17. The van der Waals surface area contributed by atoms with Gasteiger partial charge in [0.05, 0.1) is 16.9 Å². The Bertz CT molecular complexity index is 1980. The Morgan fingerprint density at radius 2 is 1.10 bits per heavy atom. The quantitative estimate of drug-likeness (QED) is 0.215. The molecule has 0 radical (unpaired) electrons. The standard InChI is InChI=1S/C32H21N.C6H4/c1-2-23-12-6-9-17-28(23)31-21-26-16-8-11-19-30(26)33(31)32-22-27(24-13-4-3-5-14-24)20-25-15-7-10-18-29(25)32;1-2-6-4-3-5(1)6/h1,3-22H;1-4H. The summed E-state index contributed by atoms with van der Waals surface area (Å²) >= 11 is 0. The molecule has 1 heterocycles. The van der Waals surface area contributed by atoms with E-state index < -0.39 is 0 Å². The minimum Gasteiger partial charge on any atom is -0.309 e. The van der Waals surface area contributed by atoms with Crippen molar-refractivity contribution in [3.8, 4) is 51.5 Å². The van der Waals surface area contributed by atoms with Gasteiger partial charge in [-0.15, -0.1) is 6.42 Å². The van der Waals surface area contributed by atoms with E-state index in [0.29, 0.717) is 0 Å². The molecule has 0 saturated heterocycles. The van der Waals surface area contributed by atoms with Crippen LogP contribution in [0, 0.1) is 12.3 Å². The molecule has 182 valence electrons. The molecule has 2 aliphatic rings. The number of hydrogen-bond acceptors (Lipinski definition) is 0. The first-order chi connectivity index (χ1) is 19.3. The zero-order valence-electron chi connectivity index (χ0n) is 21.4. The molecule has 1 heteroatoms. The van der Waals surface area contributed by atoms with Gasteiger partial charge in [0, 0.05) is 21.9 Å². The number of aromatic nitrogens is 1. The summed E-state index contributed by atoms with van der Waals surface area (Å²) in [5, 5.41) is 3.61. The summed E-state index contributed by atoms with van der Waals surface area (Å²) in [6, 6.07) is 51.1. The normalized spacial score (nSPS) is 11.1. The van der Waals surface area contributed by atoms with Gasteiger partial charge >= 0.3 is 0 Å². The number of nitrogens with zero attached hydrogens (tertiary/aromatic N) is 1. The van der Waals surface area contributed by atoms with Crippen LogP contribution in [-0.2, 0) is 0 Å². The molecule has 0 saturated carbocycles. The van der Waals surface area contributed by atoms with Gasteiger partial charge in [0.25, 0.3) is 0 Å². The topological polar surface area (TPSA) is 4.93 Å². The Morgan fingerprint density at radius 1 is 0.487 bits per heavy atom. The second-order valence-electron chi connectivity index (χ2n) is 9.77. The van der Waals surface area contributed by atoms with Crippen molar-refractivity contribution >= 4 is 21.7 Å². The van der Waals surface area contributed by atoms with Crippen molar-refractivity contribution in [1.82, 2.24) is 4.57 Å². The van der Waals surface area contributed by atoms with Crippen molar-refractivity contribution in [3.63, 3.8) is 0 Å². The van der Waals surface area contributed by atoms with Crippen LogP contribution in [0.5, 0.6) is 0 Å². The third-order valence-corrected chi connectivity index (χ3v) is 7.48. The largest absolute Gasteiger partial charge is 0.309 e. The van der Waals surface area contributed by atoms with Crippen LogP contribution in [0.15, 0.2) is 146 Å². The summed E-state index contributed by atoms with van der Waals surface area (Å²) in [4.78, 5) is 0. The van der Waals surface area contributed by atoms with E-state index in [0.717, 1.165) is 28.0 Å². The SMILES string of the molecule is C#Cc1ccccc1-c1cc2ccccc2n1-c1cc(-c2ccccc2)cc2ccccc12.c1cc2ccc1-2. The summed E-state index contributed by atoms with van der Waals surface area (Å²) < 4.78 is 2.36. The number of para-hydroxylation sites is 1. The summed E-state index contributed by atoms with van der Waals surface area (Å²) in [6.45, 7) is 0. The van der Waals surface area contributed by atoms with Crippen LogP contribution in [0.3, 0.4) is 0 Å². The van der Waals surface area contributed by atoms with Gasteiger partial charge in [-0.1, -0.05) is 121 Å². The molecule has 0 spiro atoms. The molecule has 0 atom stereocenters. The molecular formula is C38H25N. The zero-order chi connectivity index (χ0) is 26.2. The van der Waals surface area contributed by atoms with Gasteiger partial charge in [-0.2, -0.15) is 0 Å². The first kappa shape index (κ1) is 22.8. The zero-order valence-corrected chi connectivity index (χ0v) is 21.4. The molecule has 5 aromatic carbocycles. The van der Waals surface area contributed by atoms with Crippen LogP contribution in [0.1, 0.15) is 5.56 Å². The third-order valence-electron chi connectivity index (χ3n) is 7.48. The second kappa shape index (κ2) is 9.53. The lowest BCUT2D eigenvalue weighted by atomic mass is 9.95. The molecule has 0 amide bonds. The highest BCUT2D eigenvalue weighted by atomic mass is 15.0. The van der Waals surface area contributed by atoms with E-state index in [1.807, 2.05) is 12.1 Å². The monoisotopic (exact) mass is 495 g/mol. The average molecular weight is 496 g/mol. The van der Waals surface area contributed by atoms with E-state index in [-0.39, 0.29) is 0 Å². The summed E-state index contributed by atoms with van der Waals surface area (Å²) in [7, 11) is 0. The van der Waals surface area contributed by atoms with Crippen molar-refractivity contribution in [2.75, 3.05) is 0 Å². The molecule has 8 rings (SSSR count). The van der Waals surface area contributed by atoms with E-state index in [2.05, 4.69) is 144 Å². The van der Waals surface area contributed by atoms with E-state index in [1.165, 1.54) is 38.4 Å². The molecule has 39 heavy (non-hydrogen) atoms. The second-order valence-corrected chi connectivity index (χ2v) is 9.77. The Balaban J connectivity index is 0.000000368. The van der Waals surface area contributed by atoms with Crippen LogP contribution in [0.4, 0.5) is 0 Å². The Morgan fingerprint density at radius 3 is 1.82 bits per heavy atom. The average Bonchev–Trinajstić information content (AvgIpc) is 3.38. The Hall–Kier alpha value is -5.32. The number of fused-ring (bicyclic) bond motifs is 3. The minimum atomic E-state index is 0.894. The van der Waals surface area contributed by atoms with E-state index >= 15 is 0 Å². The summed E-state index contributed by atoms with van der Waals surface area (Å²) in [6.07, 6.45) is 5.90. The van der Waals surface area contributed by atoms with Gasteiger partial charge in [0.1, 0.15) is 0 Å². The lowest BCUT2D eigenvalue weighted by Gasteiger charge is -2.17.